The topological polar surface area (TPSA) is 87.2 Å². The molecule has 0 aliphatic carbocycles. The number of ether oxygens (including phenoxy) is 1. The van der Waals surface area contributed by atoms with Gasteiger partial charge >= 0.3 is 5.97 Å². The number of nitrogens with zero attached hydrogens (tertiary/aromatic N) is 2. The van der Waals surface area contributed by atoms with Crippen molar-refractivity contribution in [1.82, 2.24) is 9.80 Å². The fourth-order valence-corrected chi connectivity index (χ4v) is 3.26. The van der Waals surface area contributed by atoms with Crippen LogP contribution in [0.3, 0.4) is 0 Å². The Morgan fingerprint density at radius 1 is 1.32 bits per heavy atom. The van der Waals surface area contributed by atoms with Gasteiger partial charge in [-0.1, -0.05) is 0 Å². The Morgan fingerprint density at radius 3 is 2.64 bits per heavy atom. The number of fused-ring (bicyclic) bond motifs is 1. The number of carbonyl (C=O) groups is 3. The van der Waals surface area contributed by atoms with E-state index >= 15 is 0 Å². The van der Waals surface area contributed by atoms with E-state index in [1.165, 1.54) is 4.90 Å². The van der Waals surface area contributed by atoms with E-state index in [0.29, 0.717) is 39.0 Å². The number of rotatable bonds is 5. The van der Waals surface area contributed by atoms with Crippen LogP contribution in [0.15, 0.2) is 0 Å². The molecule has 2 saturated heterocycles. The van der Waals surface area contributed by atoms with Gasteiger partial charge in [0.05, 0.1) is 12.0 Å². The van der Waals surface area contributed by atoms with E-state index < -0.39 is 11.4 Å². The lowest BCUT2D eigenvalue weighted by molar-refractivity contribution is -0.157. The van der Waals surface area contributed by atoms with Crippen molar-refractivity contribution in [2.75, 3.05) is 40.4 Å². The van der Waals surface area contributed by atoms with Gasteiger partial charge in [0, 0.05) is 52.6 Å². The van der Waals surface area contributed by atoms with Crippen molar-refractivity contribution in [2.24, 2.45) is 11.3 Å². The van der Waals surface area contributed by atoms with Crippen LogP contribution in [0.1, 0.15) is 25.7 Å². The van der Waals surface area contributed by atoms with Gasteiger partial charge in [0.25, 0.3) is 0 Å². The van der Waals surface area contributed by atoms with E-state index in [2.05, 4.69) is 0 Å². The maximum Gasteiger partial charge on any atom is 0.311 e. The SMILES string of the molecule is CN(C)C(=O)CCCC(=O)N1C[C@H]2COCC[C@@]2(C(=O)O)C1. The number of carboxylic acid groups (broad SMARTS) is 1. The summed E-state index contributed by atoms with van der Waals surface area (Å²) >= 11 is 0. The van der Waals surface area contributed by atoms with Gasteiger partial charge in [0.2, 0.25) is 11.8 Å². The van der Waals surface area contributed by atoms with E-state index in [1.807, 2.05) is 0 Å². The number of carboxylic acids is 1. The molecule has 2 heterocycles. The Balaban J connectivity index is 1.90. The summed E-state index contributed by atoms with van der Waals surface area (Å²) in [5.41, 5.74) is -0.854. The highest BCUT2D eigenvalue weighted by Gasteiger charge is 2.54. The lowest BCUT2D eigenvalue weighted by atomic mass is 9.74. The van der Waals surface area contributed by atoms with Gasteiger partial charge in [-0.05, 0) is 12.8 Å². The Bertz CT molecular complexity index is 465. The molecule has 0 unspecified atom stereocenters. The molecule has 0 aromatic rings. The van der Waals surface area contributed by atoms with E-state index in [-0.39, 0.29) is 30.7 Å². The number of carbonyl (C=O) groups excluding carboxylic acids is 2. The first kappa shape index (κ1) is 16.7. The third-order valence-corrected chi connectivity index (χ3v) is 4.77. The summed E-state index contributed by atoms with van der Waals surface area (Å²) in [6.45, 7) is 1.53. The van der Waals surface area contributed by atoms with Crippen LogP contribution in [0, 0.1) is 11.3 Å². The standard InChI is InChI=1S/C15H24N2O5/c1-16(2)12(18)4-3-5-13(19)17-8-11-9-22-7-6-15(11,10-17)14(20)21/h11H,3-10H2,1-2H3,(H,20,21)/t11-,15+/m0/s1. The van der Waals surface area contributed by atoms with Crippen molar-refractivity contribution >= 4 is 17.8 Å². The summed E-state index contributed by atoms with van der Waals surface area (Å²) in [4.78, 5) is 38.6. The zero-order valence-corrected chi connectivity index (χ0v) is 13.2. The molecule has 0 spiro atoms. The van der Waals surface area contributed by atoms with Gasteiger partial charge < -0.3 is 19.6 Å². The average Bonchev–Trinajstić information content (AvgIpc) is 2.87. The largest absolute Gasteiger partial charge is 0.481 e. The van der Waals surface area contributed by atoms with Crippen molar-refractivity contribution in [3.8, 4) is 0 Å². The van der Waals surface area contributed by atoms with E-state index in [9.17, 15) is 19.5 Å². The lowest BCUT2D eigenvalue weighted by Crippen LogP contribution is -2.45. The lowest BCUT2D eigenvalue weighted by Gasteiger charge is -2.33. The highest BCUT2D eigenvalue weighted by atomic mass is 16.5. The second-order valence-electron chi connectivity index (χ2n) is 6.40. The van der Waals surface area contributed by atoms with Crippen LogP contribution in [-0.4, -0.2) is 73.1 Å². The molecule has 0 radical (unpaired) electrons. The van der Waals surface area contributed by atoms with Gasteiger partial charge in [0.15, 0.2) is 0 Å². The molecule has 2 aliphatic rings. The smallest absolute Gasteiger partial charge is 0.311 e. The highest BCUT2D eigenvalue weighted by Crippen LogP contribution is 2.42. The monoisotopic (exact) mass is 312 g/mol. The van der Waals surface area contributed by atoms with E-state index in [0.717, 1.165) is 0 Å². The van der Waals surface area contributed by atoms with Crippen LogP contribution in [-0.2, 0) is 19.1 Å². The minimum Gasteiger partial charge on any atom is -0.481 e. The number of amides is 2. The summed E-state index contributed by atoms with van der Waals surface area (Å²) in [5, 5.41) is 9.56. The molecule has 2 atom stereocenters. The zero-order valence-electron chi connectivity index (χ0n) is 13.2. The molecule has 2 rings (SSSR count). The fraction of sp³-hybridized carbons (Fsp3) is 0.800. The van der Waals surface area contributed by atoms with E-state index in [4.69, 9.17) is 4.74 Å². The minimum atomic E-state index is -0.854. The third kappa shape index (κ3) is 3.24. The predicted octanol–water partition coefficient (Wildman–Crippen LogP) is 0.195. The molecule has 2 amide bonds. The Hall–Kier alpha value is -1.63. The van der Waals surface area contributed by atoms with Crippen molar-refractivity contribution in [3.63, 3.8) is 0 Å². The average molecular weight is 312 g/mol. The van der Waals surface area contributed by atoms with Crippen LogP contribution < -0.4 is 0 Å². The quantitative estimate of drug-likeness (QED) is 0.783. The predicted molar refractivity (Wildman–Crippen MR) is 78.1 cm³/mol. The minimum absolute atomic E-state index is 0.00158. The number of aliphatic carboxylic acids is 1. The maximum atomic E-state index is 12.3. The second kappa shape index (κ2) is 6.64. The van der Waals surface area contributed by atoms with Crippen LogP contribution in [0.5, 0.6) is 0 Å². The molecule has 2 aliphatic heterocycles. The van der Waals surface area contributed by atoms with Crippen LogP contribution in [0.2, 0.25) is 0 Å². The number of likely N-dealkylation sites (tertiary alicyclic amines) is 1. The van der Waals surface area contributed by atoms with Crippen molar-refractivity contribution < 1.29 is 24.2 Å². The Labute approximate surface area is 130 Å². The fourth-order valence-electron chi connectivity index (χ4n) is 3.26. The summed E-state index contributed by atoms with van der Waals surface area (Å²) < 4.78 is 5.37. The normalized spacial score (nSPS) is 27.4. The third-order valence-electron chi connectivity index (χ3n) is 4.77. The highest BCUT2D eigenvalue weighted by molar-refractivity contribution is 5.82. The Morgan fingerprint density at radius 2 is 2.05 bits per heavy atom. The summed E-state index contributed by atoms with van der Waals surface area (Å²) in [6.07, 6.45) is 1.57. The molecule has 7 heteroatoms. The van der Waals surface area contributed by atoms with Crippen LogP contribution in [0.25, 0.3) is 0 Å². The number of hydrogen-bond acceptors (Lipinski definition) is 4. The van der Waals surface area contributed by atoms with Crippen LogP contribution in [0.4, 0.5) is 0 Å². The van der Waals surface area contributed by atoms with Gasteiger partial charge in [-0.25, -0.2) is 0 Å². The van der Waals surface area contributed by atoms with Crippen molar-refractivity contribution in [1.29, 1.82) is 0 Å². The molecule has 124 valence electrons. The van der Waals surface area contributed by atoms with Crippen molar-refractivity contribution in [2.45, 2.75) is 25.7 Å². The van der Waals surface area contributed by atoms with Crippen LogP contribution >= 0.6 is 0 Å². The maximum absolute atomic E-state index is 12.3. The van der Waals surface area contributed by atoms with Crippen molar-refractivity contribution in [3.05, 3.63) is 0 Å². The van der Waals surface area contributed by atoms with Gasteiger partial charge in [-0.2, -0.15) is 0 Å². The molecule has 0 aromatic heterocycles. The first-order valence-corrected chi connectivity index (χ1v) is 7.66. The molecule has 0 bridgehead atoms. The molecular formula is C15H24N2O5. The molecular weight excluding hydrogens is 288 g/mol. The molecule has 7 nitrogen and oxygen atoms in total. The summed E-state index contributed by atoms with van der Waals surface area (Å²) in [6, 6.07) is 0. The Kier molecular flexibility index (Phi) is 5.05. The van der Waals surface area contributed by atoms with Gasteiger partial charge in [0.1, 0.15) is 0 Å². The van der Waals surface area contributed by atoms with Gasteiger partial charge in [-0.15, -0.1) is 0 Å². The zero-order chi connectivity index (χ0) is 16.3. The summed E-state index contributed by atoms with van der Waals surface area (Å²) in [7, 11) is 3.37. The van der Waals surface area contributed by atoms with E-state index in [1.54, 1.807) is 19.0 Å². The first-order chi connectivity index (χ1) is 10.4. The number of hydrogen-bond donors (Lipinski definition) is 1. The first-order valence-electron chi connectivity index (χ1n) is 7.66. The summed E-state index contributed by atoms with van der Waals surface area (Å²) in [5.74, 6) is -1.04. The molecule has 0 aromatic carbocycles. The second-order valence-corrected chi connectivity index (χ2v) is 6.40. The molecule has 22 heavy (non-hydrogen) atoms. The molecule has 0 saturated carbocycles. The molecule has 2 fully saturated rings. The molecule has 1 N–H and O–H groups in total. The van der Waals surface area contributed by atoms with Gasteiger partial charge in [-0.3, -0.25) is 14.4 Å².